The lowest BCUT2D eigenvalue weighted by atomic mass is 10.0. The number of hydrogen-bond acceptors (Lipinski definition) is 4. The molecule has 0 atom stereocenters. The van der Waals surface area contributed by atoms with Crippen LogP contribution >= 0.6 is 0 Å². The molecule has 3 rings (SSSR count). The standard InChI is InChI=1S/C14H14N2O4/c17-10-3-1-9(2-4-10)5-8-16-12(19)14(6-7-14)11(18)15-13(16)20/h1-4,17H,5-8H2,(H,15,18,20). The van der Waals surface area contributed by atoms with E-state index in [9.17, 15) is 19.5 Å². The first-order valence-corrected chi connectivity index (χ1v) is 6.48. The third kappa shape index (κ3) is 1.93. The Morgan fingerprint density at radius 2 is 1.80 bits per heavy atom. The number of barbiturate groups is 1. The summed E-state index contributed by atoms with van der Waals surface area (Å²) in [4.78, 5) is 36.7. The van der Waals surface area contributed by atoms with E-state index < -0.39 is 17.4 Å². The number of hydrogen-bond donors (Lipinski definition) is 2. The molecular weight excluding hydrogens is 260 g/mol. The van der Waals surface area contributed by atoms with E-state index in [0.29, 0.717) is 19.3 Å². The van der Waals surface area contributed by atoms with Crippen molar-refractivity contribution in [2.75, 3.05) is 6.54 Å². The van der Waals surface area contributed by atoms with E-state index in [1.54, 1.807) is 24.3 Å². The smallest absolute Gasteiger partial charge is 0.330 e. The molecule has 1 aromatic carbocycles. The average molecular weight is 274 g/mol. The summed E-state index contributed by atoms with van der Waals surface area (Å²) in [6.07, 6.45) is 1.52. The molecule has 0 bridgehead atoms. The van der Waals surface area contributed by atoms with E-state index in [1.807, 2.05) is 0 Å². The molecule has 104 valence electrons. The van der Waals surface area contributed by atoms with Crippen molar-refractivity contribution < 1.29 is 19.5 Å². The highest BCUT2D eigenvalue weighted by Crippen LogP contribution is 2.48. The van der Waals surface area contributed by atoms with Crippen LogP contribution in [0.2, 0.25) is 0 Å². The Balaban J connectivity index is 1.70. The molecule has 4 amide bonds. The molecule has 6 heteroatoms. The summed E-state index contributed by atoms with van der Waals surface area (Å²) >= 11 is 0. The third-order valence-electron chi connectivity index (χ3n) is 3.87. The minimum atomic E-state index is -0.983. The van der Waals surface area contributed by atoms with Crippen molar-refractivity contribution in [2.45, 2.75) is 19.3 Å². The van der Waals surface area contributed by atoms with E-state index in [-0.39, 0.29) is 18.2 Å². The number of phenolic OH excluding ortho intramolecular Hbond substituents is 1. The monoisotopic (exact) mass is 274 g/mol. The molecule has 0 aromatic heterocycles. The molecule has 2 N–H and O–H groups in total. The average Bonchev–Trinajstić information content (AvgIpc) is 3.21. The molecule has 1 heterocycles. The first-order valence-electron chi connectivity index (χ1n) is 6.48. The summed E-state index contributed by atoms with van der Waals surface area (Å²) in [5, 5.41) is 11.4. The van der Waals surface area contributed by atoms with Gasteiger partial charge in [0.25, 0.3) is 0 Å². The van der Waals surface area contributed by atoms with Crippen LogP contribution in [-0.2, 0) is 16.0 Å². The Morgan fingerprint density at radius 1 is 1.15 bits per heavy atom. The largest absolute Gasteiger partial charge is 0.508 e. The van der Waals surface area contributed by atoms with Crippen LogP contribution in [0.3, 0.4) is 0 Å². The second-order valence-electron chi connectivity index (χ2n) is 5.21. The van der Waals surface area contributed by atoms with E-state index >= 15 is 0 Å². The number of nitrogens with one attached hydrogen (secondary N) is 1. The first kappa shape index (κ1) is 12.7. The topological polar surface area (TPSA) is 86.7 Å². The van der Waals surface area contributed by atoms with Gasteiger partial charge in [0, 0.05) is 6.54 Å². The molecule has 1 saturated heterocycles. The highest BCUT2D eigenvalue weighted by Gasteiger charge is 2.61. The maximum Gasteiger partial charge on any atom is 0.330 e. The summed E-state index contributed by atoms with van der Waals surface area (Å²) in [6, 6.07) is 5.94. The number of benzene rings is 1. The van der Waals surface area contributed by atoms with Crippen molar-refractivity contribution >= 4 is 17.8 Å². The maximum absolute atomic E-state index is 12.2. The SMILES string of the molecule is O=C1NC(=O)C2(CC2)C(=O)N1CCc1ccc(O)cc1. The van der Waals surface area contributed by atoms with Crippen molar-refractivity contribution in [3.05, 3.63) is 29.8 Å². The quantitative estimate of drug-likeness (QED) is 0.798. The molecule has 1 aliphatic heterocycles. The van der Waals surface area contributed by atoms with Crippen LogP contribution in [0, 0.1) is 5.41 Å². The van der Waals surface area contributed by atoms with Gasteiger partial charge in [-0.05, 0) is 37.0 Å². The normalized spacial score (nSPS) is 20.2. The number of urea groups is 1. The van der Waals surface area contributed by atoms with Gasteiger partial charge in [0.15, 0.2) is 0 Å². The lowest BCUT2D eigenvalue weighted by Crippen LogP contribution is -2.59. The number of nitrogens with zero attached hydrogens (tertiary/aromatic N) is 1. The number of carbonyl (C=O) groups excluding carboxylic acids is 3. The summed E-state index contributed by atoms with van der Waals surface area (Å²) in [7, 11) is 0. The molecule has 2 aliphatic rings. The van der Waals surface area contributed by atoms with E-state index in [4.69, 9.17) is 0 Å². The Morgan fingerprint density at radius 3 is 2.40 bits per heavy atom. The number of amides is 4. The molecule has 1 aliphatic carbocycles. The number of imide groups is 2. The van der Waals surface area contributed by atoms with E-state index in [1.165, 1.54) is 0 Å². The van der Waals surface area contributed by atoms with Crippen LogP contribution in [0.5, 0.6) is 5.75 Å². The highest BCUT2D eigenvalue weighted by molar-refractivity contribution is 6.20. The molecule has 6 nitrogen and oxygen atoms in total. The van der Waals surface area contributed by atoms with Gasteiger partial charge in [-0.2, -0.15) is 0 Å². The van der Waals surface area contributed by atoms with Gasteiger partial charge in [0.05, 0.1) is 0 Å². The molecule has 1 saturated carbocycles. The third-order valence-corrected chi connectivity index (χ3v) is 3.87. The van der Waals surface area contributed by atoms with Gasteiger partial charge in [-0.25, -0.2) is 4.79 Å². The molecule has 1 spiro atoms. The van der Waals surface area contributed by atoms with Gasteiger partial charge in [-0.1, -0.05) is 12.1 Å². The number of phenols is 1. The predicted molar refractivity (Wildman–Crippen MR) is 68.7 cm³/mol. The van der Waals surface area contributed by atoms with Gasteiger partial charge in [-0.3, -0.25) is 19.8 Å². The maximum atomic E-state index is 12.2. The molecule has 0 unspecified atom stereocenters. The van der Waals surface area contributed by atoms with E-state index in [2.05, 4.69) is 5.32 Å². The van der Waals surface area contributed by atoms with Crippen molar-refractivity contribution in [3.63, 3.8) is 0 Å². The Bertz CT molecular complexity index is 590. The van der Waals surface area contributed by atoms with Crippen LogP contribution in [-0.4, -0.2) is 34.4 Å². The van der Waals surface area contributed by atoms with Crippen molar-refractivity contribution in [3.8, 4) is 5.75 Å². The summed E-state index contributed by atoms with van der Waals surface area (Å²) in [5.41, 5.74) is -0.0757. The second kappa shape index (κ2) is 4.33. The van der Waals surface area contributed by atoms with Gasteiger partial charge in [-0.15, -0.1) is 0 Å². The van der Waals surface area contributed by atoms with Crippen molar-refractivity contribution in [1.29, 1.82) is 0 Å². The number of rotatable bonds is 3. The molecule has 20 heavy (non-hydrogen) atoms. The van der Waals surface area contributed by atoms with Crippen molar-refractivity contribution in [2.24, 2.45) is 5.41 Å². The fourth-order valence-electron chi connectivity index (χ4n) is 2.40. The first-order chi connectivity index (χ1) is 9.53. The molecule has 0 radical (unpaired) electrons. The van der Waals surface area contributed by atoms with Crippen LogP contribution in [0.25, 0.3) is 0 Å². The van der Waals surface area contributed by atoms with Gasteiger partial charge in [0.2, 0.25) is 11.8 Å². The summed E-state index contributed by atoms with van der Waals surface area (Å²) in [5.74, 6) is -0.679. The van der Waals surface area contributed by atoms with Gasteiger partial charge >= 0.3 is 6.03 Å². The summed E-state index contributed by atoms with van der Waals surface area (Å²) < 4.78 is 0. The zero-order chi connectivity index (χ0) is 14.3. The molecule has 1 aromatic rings. The number of aromatic hydroxyl groups is 1. The van der Waals surface area contributed by atoms with Crippen LogP contribution < -0.4 is 5.32 Å². The number of carbonyl (C=O) groups is 3. The predicted octanol–water partition coefficient (Wildman–Crippen LogP) is 0.793. The van der Waals surface area contributed by atoms with E-state index in [0.717, 1.165) is 10.5 Å². The van der Waals surface area contributed by atoms with Gasteiger partial charge in [0.1, 0.15) is 11.2 Å². The fourth-order valence-corrected chi connectivity index (χ4v) is 2.40. The van der Waals surface area contributed by atoms with Crippen LogP contribution in [0.15, 0.2) is 24.3 Å². The zero-order valence-corrected chi connectivity index (χ0v) is 10.8. The summed E-state index contributed by atoms with van der Waals surface area (Å²) in [6.45, 7) is 0.227. The lowest BCUT2D eigenvalue weighted by Gasteiger charge is -2.30. The molecular formula is C14H14N2O4. The van der Waals surface area contributed by atoms with Crippen LogP contribution in [0.1, 0.15) is 18.4 Å². The minimum absolute atomic E-state index is 0.170. The second-order valence-corrected chi connectivity index (χ2v) is 5.21. The molecule has 2 fully saturated rings. The Labute approximate surface area is 115 Å². The highest BCUT2D eigenvalue weighted by atomic mass is 16.3. The Hall–Kier alpha value is -2.37. The van der Waals surface area contributed by atoms with Gasteiger partial charge < -0.3 is 5.11 Å². The fraction of sp³-hybridized carbons (Fsp3) is 0.357. The Kier molecular flexibility index (Phi) is 2.74. The zero-order valence-electron chi connectivity index (χ0n) is 10.8. The van der Waals surface area contributed by atoms with Crippen LogP contribution in [0.4, 0.5) is 4.79 Å². The van der Waals surface area contributed by atoms with Crippen molar-refractivity contribution in [1.82, 2.24) is 10.2 Å². The lowest BCUT2D eigenvalue weighted by molar-refractivity contribution is -0.144. The minimum Gasteiger partial charge on any atom is -0.508 e.